The number of hydrazone groups is 1. The lowest BCUT2D eigenvalue weighted by molar-refractivity contribution is 0.581. The van der Waals surface area contributed by atoms with E-state index in [0.29, 0.717) is 0 Å². The maximum absolute atomic E-state index is 4.18. The van der Waals surface area contributed by atoms with Crippen LogP contribution in [0.5, 0.6) is 0 Å². The second kappa shape index (κ2) is 2.27. The molecule has 0 aromatic carbocycles. The fraction of sp³-hybridized carbons (Fsp3) is 0.500. The van der Waals surface area contributed by atoms with Crippen molar-refractivity contribution in [3.05, 3.63) is 11.4 Å². The minimum absolute atomic E-state index is 0.201. The summed E-state index contributed by atoms with van der Waals surface area (Å²) in [6, 6.07) is 0.201. The molecule has 1 atom stereocenters. The van der Waals surface area contributed by atoms with Crippen molar-refractivity contribution < 1.29 is 0 Å². The van der Waals surface area contributed by atoms with Crippen LogP contribution in [0.25, 0.3) is 0 Å². The number of rotatable bonds is 0. The zero-order chi connectivity index (χ0) is 7.84. The molecule has 0 amide bonds. The SMILES string of the molecule is CC1=NNC(C)c2nsnc21. The summed E-state index contributed by atoms with van der Waals surface area (Å²) in [6.07, 6.45) is 0. The number of fused-ring (bicyclic) bond motifs is 1. The maximum atomic E-state index is 4.18. The van der Waals surface area contributed by atoms with Crippen molar-refractivity contribution in [3.8, 4) is 0 Å². The lowest BCUT2D eigenvalue weighted by atomic mass is 10.1. The van der Waals surface area contributed by atoms with Crippen molar-refractivity contribution in [1.82, 2.24) is 14.2 Å². The van der Waals surface area contributed by atoms with Gasteiger partial charge in [0.2, 0.25) is 0 Å². The van der Waals surface area contributed by atoms with Gasteiger partial charge in [-0.25, -0.2) is 0 Å². The van der Waals surface area contributed by atoms with Crippen molar-refractivity contribution in [2.75, 3.05) is 0 Å². The van der Waals surface area contributed by atoms with Gasteiger partial charge in [0, 0.05) is 0 Å². The van der Waals surface area contributed by atoms with E-state index in [1.165, 1.54) is 11.7 Å². The lowest BCUT2D eigenvalue weighted by Crippen LogP contribution is -2.22. The van der Waals surface area contributed by atoms with Gasteiger partial charge in [0.05, 0.1) is 23.5 Å². The Hall–Kier alpha value is -0.970. The number of nitrogens with zero attached hydrogens (tertiary/aromatic N) is 3. The van der Waals surface area contributed by atoms with Crippen LogP contribution >= 0.6 is 11.7 Å². The molecule has 1 aliphatic rings. The Bertz CT molecular complexity index is 303. The van der Waals surface area contributed by atoms with E-state index in [9.17, 15) is 0 Å². The van der Waals surface area contributed by atoms with Gasteiger partial charge in [0.25, 0.3) is 0 Å². The monoisotopic (exact) mass is 168 g/mol. The van der Waals surface area contributed by atoms with Crippen LogP contribution in [-0.2, 0) is 0 Å². The van der Waals surface area contributed by atoms with Crippen molar-refractivity contribution in [2.45, 2.75) is 19.9 Å². The molecule has 0 fully saturated rings. The maximum Gasteiger partial charge on any atom is 0.125 e. The quantitative estimate of drug-likeness (QED) is 0.627. The minimum atomic E-state index is 0.201. The molecule has 1 aromatic rings. The normalized spacial score (nSPS) is 22.0. The third-order valence-corrected chi connectivity index (χ3v) is 2.24. The molecule has 58 valence electrons. The second-order valence-corrected chi connectivity index (χ2v) is 3.07. The summed E-state index contributed by atoms with van der Waals surface area (Å²) < 4.78 is 8.32. The van der Waals surface area contributed by atoms with Crippen LogP contribution in [0.4, 0.5) is 0 Å². The molecule has 0 saturated carbocycles. The Kier molecular flexibility index (Phi) is 1.38. The lowest BCUT2D eigenvalue weighted by Gasteiger charge is -2.14. The van der Waals surface area contributed by atoms with Gasteiger partial charge < -0.3 is 5.43 Å². The zero-order valence-electron chi connectivity index (χ0n) is 6.33. The van der Waals surface area contributed by atoms with Crippen molar-refractivity contribution in [2.24, 2.45) is 5.10 Å². The van der Waals surface area contributed by atoms with Gasteiger partial charge in [-0.2, -0.15) is 13.8 Å². The molecule has 4 nitrogen and oxygen atoms in total. The fourth-order valence-electron chi connectivity index (χ4n) is 1.04. The molecule has 5 heteroatoms. The van der Waals surface area contributed by atoms with Crippen molar-refractivity contribution in [3.63, 3.8) is 0 Å². The summed E-state index contributed by atoms with van der Waals surface area (Å²) >= 11 is 1.24. The Morgan fingerprint density at radius 1 is 1.45 bits per heavy atom. The highest BCUT2D eigenvalue weighted by Crippen LogP contribution is 2.19. The molecule has 0 saturated heterocycles. The van der Waals surface area contributed by atoms with E-state index in [1.807, 2.05) is 13.8 Å². The summed E-state index contributed by atoms with van der Waals surface area (Å²) in [5.74, 6) is 0. The zero-order valence-corrected chi connectivity index (χ0v) is 7.14. The summed E-state index contributed by atoms with van der Waals surface area (Å²) in [5.41, 5.74) is 5.85. The molecular weight excluding hydrogens is 160 g/mol. The van der Waals surface area contributed by atoms with E-state index >= 15 is 0 Å². The first-order valence-electron chi connectivity index (χ1n) is 3.41. The van der Waals surface area contributed by atoms with Crippen LogP contribution < -0.4 is 5.43 Å². The molecule has 11 heavy (non-hydrogen) atoms. The van der Waals surface area contributed by atoms with Gasteiger partial charge in [0.15, 0.2) is 0 Å². The predicted octanol–water partition coefficient (Wildman–Crippen LogP) is 0.926. The topological polar surface area (TPSA) is 50.2 Å². The molecule has 2 heterocycles. The van der Waals surface area contributed by atoms with E-state index in [2.05, 4.69) is 19.3 Å². The Balaban J connectivity index is 2.55. The Labute approximate surface area is 68.7 Å². The highest BCUT2D eigenvalue weighted by molar-refractivity contribution is 6.99. The number of hydrogen-bond donors (Lipinski definition) is 1. The van der Waals surface area contributed by atoms with Gasteiger partial charge >= 0.3 is 0 Å². The van der Waals surface area contributed by atoms with Gasteiger partial charge in [-0.15, -0.1) is 0 Å². The van der Waals surface area contributed by atoms with Gasteiger partial charge in [-0.1, -0.05) is 0 Å². The van der Waals surface area contributed by atoms with E-state index in [0.717, 1.165) is 17.1 Å². The first-order valence-corrected chi connectivity index (χ1v) is 4.14. The van der Waals surface area contributed by atoms with Gasteiger partial charge in [0.1, 0.15) is 11.4 Å². The van der Waals surface area contributed by atoms with Gasteiger partial charge in [-0.3, -0.25) is 0 Å². The molecule has 0 bridgehead atoms. The molecule has 1 aromatic heterocycles. The van der Waals surface area contributed by atoms with Crippen LogP contribution in [0.3, 0.4) is 0 Å². The standard InChI is InChI=1S/C6H8N4S/c1-3-5-6(10-11-9-5)4(2)8-7-3/h3,7H,1-2H3. The highest BCUT2D eigenvalue weighted by atomic mass is 32.1. The van der Waals surface area contributed by atoms with Crippen LogP contribution in [-0.4, -0.2) is 14.5 Å². The third-order valence-electron chi connectivity index (χ3n) is 1.69. The van der Waals surface area contributed by atoms with Crippen LogP contribution in [0.1, 0.15) is 31.3 Å². The summed E-state index contributed by atoms with van der Waals surface area (Å²) in [5, 5.41) is 4.10. The van der Waals surface area contributed by atoms with Gasteiger partial charge in [-0.05, 0) is 13.8 Å². The highest BCUT2D eigenvalue weighted by Gasteiger charge is 2.20. The van der Waals surface area contributed by atoms with E-state index < -0.39 is 0 Å². The van der Waals surface area contributed by atoms with Crippen LogP contribution in [0.2, 0.25) is 0 Å². The van der Waals surface area contributed by atoms with E-state index in [1.54, 1.807) is 0 Å². The molecule has 0 spiro atoms. The largest absolute Gasteiger partial charge is 0.301 e. The molecule has 1 aliphatic heterocycles. The second-order valence-electron chi connectivity index (χ2n) is 2.55. The predicted molar refractivity (Wildman–Crippen MR) is 43.7 cm³/mol. The Morgan fingerprint density at radius 2 is 2.27 bits per heavy atom. The number of aromatic nitrogens is 2. The van der Waals surface area contributed by atoms with E-state index in [4.69, 9.17) is 0 Å². The molecule has 2 rings (SSSR count). The minimum Gasteiger partial charge on any atom is -0.301 e. The summed E-state index contributed by atoms with van der Waals surface area (Å²) in [7, 11) is 0. The molecule has 0 aliphatic carbocycles. The molecular formula is C6H8N4S. The van der Waals surface area contributed by atoms with Crippen molar-refractivity contribution >= 4 is 17.4 Å². The third kappa shape index (κ3) is 0.920. The smallest absolute Gasteiger partial charge is 0.125 e. The fourth-order valence-corrected chi connectivity index (χ4v) is 1.72. The first-order chi connectivity index (χ1) is 5.29. The summed E-state index contributed by atoms with van der Waals surface area (Å²) in [4.78, 5) is 0. The Morgan fingerprint density at radius 3 is 3.00 bits per heavy atom. The molecule has 1 N–H and O–H groups in total. The number of hydrogen-bond acceptors (Lipinski definition) is 5. The molecule has 0 radical (unpaired) electrons. The van der Waals surface area contributed by atoms with Crippen molar-refractivity contribution in [1.29, 1.82) is 0 Å². The average Bonchev–Trinajstić information content (AvgIpc) is 2.45. The first kappa shape index (κ1) is 6.72. The average molecular weight is 168 g/mol. The van der Waals surface area contributed by atoms with Crippen LogP contribution in [0, 0.1) is 0 Å². The molecule has 1 unspecified atom stereocenters. The van der Waals surface area contributed by atoms with E-state index in [-0.39, 0.29) is 6.04 Å². The summed E-state index contributed by atoms with van der Waals surface area (Å²) in [6.45, 7) is 3.95. The van der Waals surface area contributed by atoms with Crippen LogP contribution in [0.15, 0.2) is 5.10 Å². The number of nitrogens with one attached hydrogen (secondary N) is 1.